The van der Waals surface area contributed by atoms with Crippen LogP contribution in [0.4, 0.5) is 0 Å². The van der Waals surface area contributed by atoms with Crippen molar-refractivity contribution in [3.8, 4) is 0 Å². The standard InChI is InChI=1S/C17H23N5OS/c1-12-5-6-14(24-12)11-21-9-10-22-13(2)18-19-16(22)15(21)17(23)20-7-3-4-8-20/h5-6,15H,3-4,7-11H2,1-2H3. The van der Waals surface area contributed by atoms with Crippen LogP contribution in [-0.4, -0.2) is 50.1 Å². The van der Waals surface area contributed by atoms with Crippen LogP contribution in [0.1, 0.15) is 40.3 Å². The Morgan fingerprint density at radius 2 is 1.96 bits per heavy atom. The van der Waals surface area contributed by atoms with Crippen LogP contribution in [0.5, 0.6) is 0 Å². The number of fused-ring (bicyclic) bond motifs is 1. The first kappa shape index (κ1) is 15.8. The number of carbonyl (C=O) groups excluding carboxylic acids is 1. The molecule has 2 aromatic heterocycles. The summed E-state index contributed by atoms with van der Waals surface area (Å²) >= 11 is 1.80. The number of aryl methyl sites for hydroxylation is 2. The maximum Gasteiger partial charge on any atom is 0.247 e. The first-order chi connectivity index (χ1) is 11.6. The second kappa shape index (κ2) is 6.29. The van der Waals surface area contributed by atoms with Crippen LogP contribution in [0.3, 0.4) is 0 Å². The minimum Gasteiger partial charge on any atom is -0.341 e. The van der Waals surface area contributed by atoms with Gasteiger partial charge in [-0.1, -0.05) is 0 Å². The molecule has 0 aliphatic carbocycles. The van der Waals surface area contributed by atoms with E-state index in [4.69, 9.17) is 0 Å². The van der Waals surface area contributed by atoms with E-state index in [1.807, 2.05) is 11.8 Å². The molecule has 6 nitrogen and oxygen atoms in total. The van der Waals surface area contributed by atoms with Crippen molar-refractivity contribution in [1.82, 2.24) is 24.6 Å². The van der Waals surface area contributed by atoms with Gasteiger partial charge in [-0.3, -0.25) is 9.69 Å². The topological polar surface area (TPSA) is 54.3 Å². The van der Waals surface area contributed by atoms with Gasteiger partial charge in [-0.25, -0.2) is 0 Å². The number of thiophene rings is 1. The Kier molecular flexibility index (Phi) is 4.14. The molecule has 128 valence electrons. The smallest absolute Gasteiger partial charge is 0.247 e. The highest BCUT2D eigenvalue weighted by Gasteiger charge is 2.39. The van der Waals surface area contributed by atoms with Crippen molar-refractivity contribution in [3.63, 3.8) is 0 Å². The molecule has 0 aromatic carbocycles. The third-order valence-corrected chi connectivity index (χ3v) is 5.98. The average Bonchev–Trinajstić information content (AvgIpc) is 3.29. The highest BCUT2D eigenvalue weighted by atomic mass is 32.1. The number of amides is 1. The Balaban J connectivity index is 1.65. The van der Waals surface area contributed by atoms with Crippen molar-refractivity contribution in [3.05, 3.63) is 33.5 Å². The lowest BCUT2D eigenvalue weighted by molar-refractivity contribution is -0.137. The largest absolute Gasteiger partial charge is 0.341 e. The monoisotopic (exact) mass is 345 g/mol. The number of rotatable bonds is 3. The van der Waals surface area contributed by atoms with Gasteiger partial charge in [-0.2, -0.15) is 0 Å². The molecule has 0 bridgehead atoms. The highest BCUT2D eigenvalue weighted by molar-refractivity contribution is 7.11. The summed E-state index contributed by atoms with van der Waals surface area (Å²) in [6.07, 6.45) is 2.21. The molecule has 0 N–H and O–H groups in total. The molecule has 1 unspecified atom stereocenters. The predicted molar refractivity (Wildman–Crippen MR) is 92.8 cm³/mol. The zero-order chi connectivity index (χ0) is 16.7. The van der Waals surface area contributed by atoms with E-state index in [1.165, 1.54) is 9.75 Å². The van der Waals surface area contributed by atoms with Crippen LogP contribution in [0, 0.1) is 13.8 Å². The Hall–Kier alpha value is -1.73. The second-order valence-electron chi connectivity index (χ2n) is 6.67. The van der Waals surface area contributed by atoms with Crippen LogP contribution in [-0.2, 0) is 17.9 Å². The van der Waals surface area contributed by atoms with Crippen molar-refractivity contribution in [2.45, 2.75) is 45.8 Å². The van der Waals surface area contributed by atoms with E-state index in [0.29, 0.717) is 0 Å². The Bertz CT molecular complexity index is 746. The lowest BCUT2D eigenvalue weighted by atomic mass is 10.1. The molecule has 1 amide bonds. The van der Waals surface area contributed by atoms with Crippen LogP contribution in [0.2, 0.25) is 0 Å². The average molecular weight is 345 g/mol. The molecule has 1 atom stereocenters. The summed E-state index contributed by atoms with van der Waals surface area (Å²) in [5, 5.41) is 8.58. The van der Waals surface area contributed by atoms with Crippen molar-refractivity contribution in [2.24, 2.45) is 0 Å². The molecular formula is C17H23N5OS. The summed E-state index contributed by atoms with van der Waals surface area (Å²) in [6, 6.07) is 4.01. The van der Waals surface area contributed by atoms with Gasteiger partial charge in [0.15, 0.2) is 11.9 Å². The number of nitrogens with zero attached hydrogens (tertiary/aromatic N) is 5. The van der Waals surface area contributed by atoms with E-state index in [1.54, 1.807) is 11.3 Å². The lowest BCUT2D eigenvalue weighted by Gasteiger charge is -2.36. The molecule has 2 aromatic rings. The zero-order valence-corrected chi connectivity index (χ0v) is 15.1. The van der Waals surface area contributed by atoms with E-state index in [9.17, 15) is 4.79 Å². The van der Waals surface area contributed by atoms with Gasteiger partial charge in [0.25, 0.3) is 0 Å². The summed E-state index contributed by atoms with van der Waals surface area (Å²) in [5.74, 6) is 1.90. The van der Waals surface area contributed by atoms with Crippen LogP contribution >= 0.6 is 11.3 Å². The van der Waals surface area contributed by atoms with E-state index < -0.39 is 0 Å². The Morgan fingerprint density at radius 1 is 1.17 bits per heavy atom. The van der Waals surface area contributed by atoms with Gasteiger partial charge in [-0.05, 0) is 38.8 Å². The molecule has 0 saturated carbocycles. The normalized spacial score (nSPS) is 21.2. The van der Waals surface area contributed by atoms with Gasteiger partial charge in [0.2, 0.25) is 5.91 Å². The van der Waals surface area contributed by atoms with Gasteiger partial charge < -0.3 is 9.47 Å². The zero-order valence-electron chi connectivity index (χ0n) is 14.2. The molecule has 0 radical (unpaired) electrons. The number of carbonyl (C=O) groups is 1. The van der Waals surface area contributed by atoms with Crippen molar-refractivity contribution in [2.75, 3.05) is 19.6 Å². The summed E-state index contributed by atoms with van der Waals surface area (Å²) < 4.78 is 2.11. The van der Waals surface area contributed by atoms with Crippen LogP contribution in [0.15, 0.2) is 12.1 Å². The van der Waals surface area contributed by atoms with E-state index in [0.717, 1.165) is 57.2 Å². The third kappa shape index (κ3) is 2.75. The number of hydrogen-bond acceptors (Lipinski definition) is 5. The van der Waals surface area contributed by atoms with E-state index >= 15 is 0 Å². The maximum atomic E-state index is 13.2. The quantitative estimate of drug-likeness (QED) is 0.855. The molecular weight excluding hydrogens is 322 g/mol. The molecule has 2 aliphatic rings. The molecule has 4 rings (SSSR count). The number of aromatic nitrogens is 3. The highest BCUT2D eigenvalue weighted by Crippen LogP contribution is 2.30. The SMILES string of the molecule is Cc1ccc(CN2CCn3c(C)nnc3C2C(=O)N2CCCC2)s1. The first-order valence-electron chi connectivity index (χ1n) is 8.61. The molecule has 1 fully saturated rings. The lowest BCUT2D eigenvalue weighted by Crippen LogP contribution is -2.46. The molecule has 7 heteroatoms. The van der Waals surface area contributed by atoms with E-state index in [-0.39, 0.29) is 11.9 Å². The van der Waals surface area contributed by atoms with E-state index in [2.05, 4.69) is 38.7 Å². The fourth-order valence-corrected chi connectivity index (χ4v) is 4.63. The van der Waals surface area contributed by atoms with Gasteiger partial charge in [0.05, 0.1) is 0 Å². The summed E-state index contributed by atoms with van der Waals surface area (Å²) in [7, 11) is 0. The van der Waals surface area contributed by atoms with Gasteiger partial charge in [-0.15, -0.1) is 21.5 Å². The Labute approximate surface area is 146 Å². The van der Waals surface area contributed by atoms with Gasteiger partial charge in [0.1, 0.15) is 5.82 Å². The third-order valence-electron chi connectivity index (χ3n) is 4.99. The van der Waals surface area contributed by atoms with Gasteiger partial charge >= 0.3 is 0 Å². The molecule has 4 heterocycles. The fourth-order valence-electron chi connectivity index (χ4n) is 3.71. The molecule has 0 spiro atoms. The minimum atomic E-state index is -0.305. The number of likely N-dealkylation sites (tertiary alicyclic amines) is 1. The predicted octanol–water partition coefficient (Wildman–Crippen LogP) is 2.14. The molecule has 2 aliphatic heterocycles. The van der Waals surface area contributed by atoms with Crippen LogP contribution < -0.4 is 0 Å². The fraction of sp³-hybridized carbons (Fsp3) is 0.588. The molecule has 24 heavy (non-hydrogen) atoms. The maximum absolute atomic E-state index is 13.2. The van der Waals surface area contributed by atoms with Crippen molar-refractivity contribution in [1.29, 1.82) is 0 Å². The summed E-state index contributed by atoms with van der Waals surface area (Å²) in [5.41, 5.74) is 0. The molecule has 1 saturated heterocycles. The number of hydrogen-bond donors (Lipinski definition) is 0. The second-order valence-corrected chi connectivity index (χ2v) is 8.05. The summed E-state index contributed by atoms with van der Waals surface area (Å²) in [4.78, 5) is 20.1. The van der Waals surface area contributed by atoms with Gasteiger partial charge in [0, 0.05) is 42.5 Å². The van der Waals surface area contributed by atoms with Crippen LogP contribution in [0.25, 0.3) is 0 Å². The summed E-state index contributed by atoms with van der Waals surface area (Å²) in [6.45, 7) is 8.33. The Morgan fingerprint density at radius 3 is 2.67 bits per heavy atom. The van der Waals surface area contributed by atoms with Crippen molar-refractivity contribution < 1.29 is 4.79 Å². The minimum absolute atomic E-state index is 0.189. The first-order valence-corrected chi connectivity index (χ1v) is 9.43. The van der Waals surface area contributed by atoms with Crippen molar-refractivity contribution >= 4 is 17.2 Å².